The zero-order chi connectivity index (χ0) is 21.3. The van der Waals surface area contributed by atoms with Gasteiger partial charge in [0.05, 0.1) is 27.5 Å². The summed E-state index contributed by atoms with van der Waals surface area (Å²) in [6.45, 7) is 0. The molecule has 0 atom stereocenters. The van der Waals surface area contributed by atoms with Crippen LogP contribution in [0.4, 0.5) is 5.69 Å². The van der Waals surface area contributed by atoms with E-state index in [0.717, 1.165) is 25.7 Å². The fraction of sp³-hybridized carbons (Fsp3) is 0.350. The third-order valence-corrected chi connectivity index (χ3v) is 7.72. The summed E-state index contributed by atoms with van der Waals surface area (Å²) in [5.41, 5.74) is 0.392. The number of sulfonamides is 1. The Labute approximate surface area is 184 Å². The zero-order valence-corrected chi connectivity index (χ0v) is 18.7. The van der Waals surface area contributed by atoms with Crippen molar-refractivity contribution in [3.63, 3.8) is 0 Å². The Morgan fingerprint density at radius 1 is 1.23 bits per heavy atom. The lowest BCUT2D eigenvalue weighted by Crippen LogP contribution is -2.38. The maximum Gasteiger partial charge on any atom is 0.280 e. The van der Waals surface area contributed by atoms with E-state index in [1.54, 1.807) is 30.1 Å². The Hall–Kier alpha value is -2.23. The largest absolute Gasteiger partial charge is 0.339 e. The molecule has 0 spiro atoms. The molecule has 1 saturated carbocycles. The highest BCUT2D eigenvalue weighted by Gasteiger charge is 2.27. The van der Waals surface area contributed by atoms with Crippen LogP contribution in [0.1, 0.15) is 42.5 Å². The Morgan fingerprint density at radius 2 is 2.00 bits per heavy atom. The summed E-state index contributed by atoms with van der Waals surface area (Å²) >= 11 is 7.31. The van der Waals surface area contributed by atoms with Crippen molar-refractivity contribution in [2.24, 2.45) is 0 Å². The molecule has 30 heavy (non-hydrogen) atoms. The fourth-order valence-corrected chi connectivity index (χ4v) is 5.88. The number of carbonyl (C=O) groups is 1. The topological polar surface area (TPSA) is 92.3 Å². The van der Waals surface area contributed by atoms with Crippen molar-refractivity contribution in [2.45, 2.75) is 43.2 Å². The second kappa shape index (κ2) is 8.49. The van der Waals surface area contributed by atoms with Crippen LogP contribution in [0.2, 0.25) is 5.02 Å². The van der Waals surface area contributed by atoms with Gasteiger partial charge in [-0.25, -0.2) is 4.98 Å². The number of hydrogen-bond donors (Lipinski definition) is 1. The van der Waals surface area contributed by atoms with E-state index in [-0.39, 0.29) is 28.2 Å². The van der Waals surface area contributed by atoms with Gasteiger partial charge in [0.15, 0.2) is 5.03 Å². The molecule has 4 rings (SSSR count). The Bertz CT molecular complexity index is 1190. The SMILES string of the molecule is CN(C(=O)c1ccc(Cl)cc1NS(=O)(=O)c1nccc2sncc12)C1CCCCC1. The van der Waals surface area contributed by atoms with Crippen molar-refractivity contribution in [1.82, 2.24) is 14.3 Å². The fourth-order valence-electron chi connectivity index (χ4n) is 3.79. The molecule has 1 fully saturated rings. The molecule has 0 aliphatic heterocycles. The zero-order valence-electron chi connectivity index (χ0n) is 16.3. The number of nitrogens with one attached hydrogen (secondary N) is 1. The first kappa shape index (κ1) is 21.0. The van der Waals surface area contributed by atoms with Crippen molar-refractivity contribution in [2.75, 3.05) is 11.8 Å². The number of pyridine rings is 1. The second-order valence-corrected chi connectivity index (χ2v) is 10.2. The molecule has 0 saturated heterocycles. The molecule has 1 N–H and O–H groups in total. The molecule has 1 aliphatic carbocycles. The molecule has 2 aromatic heterocycles. The van der Waals surface area contributed by atoms with Crippen LogP contribution in [-0.2, 0) is 10.0 Å². The summed E-state index contributed by atoms with van der Waals surface area (Å²) in [5, 5.41) is 0.630. The van der Waals surface area contributed by atoms with Gasteiger partial charge in [0.1, 0.15) is 0 Å². The van der Waals surface area contributed by atoms with Gasteiger partial charge in [0.25, 0.3) is 15.9 Å². The minimum absolute atomic E-state index is 0.132. The molecular weight excluding hydrogens is 444 g/mol. The lowest BCUT2D eigenvalue weighted by molar-refractivity contribution is 0.0697. The maximum atomic E-state index is 13.2. The smallest absolute Gasteiger partial charge is 0.280 e. The molecule has 158 valence electrons. The van der Waals surface area contributed by atoms with Gasteiger partial charge >= 0.3 is 0 Å². The van der Waals surface area contributed by atoms with E-state index in [2.05, 4.69) is 14.1 Å². The van der Waals surface area contributed by atoms with Crippen molar-refractivity contribution < 1.29 is 13.2 Å². The van der Waals surface area contributed by atoms with Gasteiger partial charge in [-0.1, -0.05) is 30.9 Å². The molecule has 0 unspecified atom stereocenters. The van der Waals surface area contributed by atoms with Gasteiger partial charge in [-0.05, 0) is 48.6 Å². The van der Waals surface area contributed by atoms with Crippen LogP contribution in [0.15, 0.2) is 41.7 Å². The Balaban J connectivity index is 1.68. The first-order valence-corrected chi connectivity index (χ1v) is 12.3. The molecule has 1 aromatic carbocycles. The van der Waals surface area contributed by atoms with Gasteiger partial charge in [-0.2, -0.15) is 12.8 Å². The molecule has 7 nitrogen and oxygen atoms in total. The number of benzene rings is 1. The standard InChI is InChI=1S/C20H21ClN4O3S2/c1-25(14-5-3-2-4-6-14)20(26)15-8-7-13(21)11-17(15)24-30(27,28)19-16-12-23-29-18(16)9-10-22-19/h7-12,14,24H,2-6H2,1H3. The number of amides is 1. The molecule has 1 amide bonds. The van der Waals surface area contributed by atoms with E-state index in [4.69, 9.17) is 11.6 Å². The Morgan fingerprint density at radius 3 is 2.77 bits per heavy atom. The average molecular weight is 465 g/mol. The minimum Gasteiger partial charge on any atom is -0.339 e. The third-order valence-electron chi connectivity index (χ3n) is 5.40. The molecule has 3 aromatic rings. The van der Waals surface area contributed by atoms with Crippen LogP contribution in [0, 0.1) is 0 Å². The monoisotopic (exact) mass is 464 g/mol. The maximum absolute atomic E-state index is 13.2. The van der Waals surface area contributed by atoms with Crippen molar-refractivity contribution >= 4 is 54.8 Å². The van der Waals surface area contributed by atoms with Crippen molar-refractivity contribution in [1.29, 1.82) is 0 Å². The summed E-state index contributed by atoms with van der Waals surface area (Å²) in [6.07, 6.45) is 8.17. The first-order valence-electron chi connectivity index (χ1n) is 9.66. The van der Waals surface area contributed by atoms with E-state index in [0.29, 0.717) is 15.1 Å². The van der Waals surface area contributed by atoms with Crippen molar-refractivity contribution in [3.8, 4) is 0 Å². The van der Waals surface area contributed by atoms with E-state index in [1.165, 1.54) is 36.4 Å². The summed E-state index contributed by atoms with van der Waals surface area (Å²) in [7, 11) is -2.29. The highest BCUT2D eigenvalue weighted by Crippen LogP contribution is 2.30. The van der Waals surface area contributed by atoms with Crippen LogP contribution >= 0.6 is 23.1 Å². The van der Waals surface area contributed by atoms with Gasteiger partial charge in [0, 0.05) is 24.3 Å². The predicted molar refractivity (Wildman–Crippen MR) is 119 cm³/mol. The van der Waals surface area contributed by atoms with Crippen LogP contribution in [-0.4, -0.2) is 41.7 Å². The van der Waals surface area contributed by atoms with E-state index in [1.807, 2.05) is 0 Å². The van der Waals surface area contributed by atoms with E-state index >= 15 is 0 Å². The normalized spacial score (nSPS) is 15.3. The summed E-state index contributed by atoms with van der Waals surface area (Å²) in [5.74, 6) is -0.236. The van der Waals surface area contributed by atoms with Crippen LogP contribution in [0.5, 0.6) is 0 Å². The second-order valence-electron chi connectivity index (χ2n) is 7.36. The first-order chi connectivity index (χ1) is 14.4. The number of nitrogens with zero attached hydrogens (tertiary/aromatic N) is 3. The molecule has 10 heteroatoms. The molecule has 0 bridgehead atoms. The van der Waals surface area contributed by atoms with Crippen LogP contribution in [0.25, 0.3) is 10.1 Å². The number of aromatic nitrogens is 2. The third kappa shape index (κ3) is 4.14. The molecular formula is C20H21ClN4O3S2. The van der Waals surface area contributed by atoms with E-state index < -0.39 is 10.0 Å². The predicted octanol–water partition coefficient (Wildman–Crippen LogP) is 4.55. The highest BCUT2D eigenvalue weighted by molar-refractivity contribution is 7.92. The van der Waals surface area contributed by atoms with Crippen LogP contribution < -0.4 is 4.72 Å². The van der Waals surface area contributed by atoms with Gasteiger partial charge in [-0.3, -0.25) is 9.52 Å². The molecule has 2 heterocycles. The quantitative estimate of drug-likeness (QED) is 0.597. The molecule has 1 aliphatic rings. The highest BCUT2D eigenvalue weighted by atomic mass is 35.5. The van der Waals surface area contributed by atoms with E-state index in [9.17, 15) is 13.2 Å². The van der Waals surface area contributed by atoms with Gasteiger partial charge in [-0.15, -0.1) is 0 Å². The number of halogens is 1. The number of anilines is 1. The lowest BCUT2D eigenvalue weighted by atomic mass is 9.94. The van der Waals surface area contributed by atoms with Crippen LogP contribution in [0.3, 0.4) is 0 Å². The number of rotatable bonds is 5. The minimum atomic E-state index is -4.06. The average Bonchev–Trinajstić information content (AvgIpc) is 3.22. The van der Waals surface area contributed by atoms with Gasteiger partial charge in [0.2, 0.25) is 0 Å². The Kier molecular flexibility index (Phi) is 5.95. The summed E-state index contributed by atoms with van der Waals surface area (Å²) in [6, 6.07) is 6.45. The lowest BCUT2D eigenvalue weighted by Gasteiger charge is -2.31. The molecule has 0 radical (unpaired) electrons. The number of hydrogen-bond acceptors (Lipinski definition) is 6. The number of fused-ring (bicyclic) bond motifs is 1. The van der Waals surface area contributed by atoms with Gasteiger partial charge < -0.3 is 4.90 Å². The summed E-state index contributed by atoms with van der Waals surface area (Å²) in [4.78, 5) is 18.9. The summed E-state index contributed by atoms with van der Waals surface area (Å²) < 4.78 is 33.5. The van der Waals surface area contributed by atoms with Crippen molar-refractivity contribution in [3.05, 3.63) is 47.2 Å². The number of carbonyl (C=O) groups excluding carboxylic acids is 1.